The van der Waals surface area contributed by atoms with Crippen molar-refractivity contribution in [3.63, 3.8) is 0 Å². The first-order valence-corrected chi connectivity index (χ1v) is 6.83. The molecule has 18 heavy (non-hydrogen) atoms. The minimum atomic E-state index is -2.80. The summed E-state index contributed by atoms with van der Waals surface area (Å²) in [7, 11) is 1.46. The van der Waals surface area contributed by atoms with Gasteiger partial charge in [0.2, 0.25) is 0 Å². The van der Waals surface area contributed by atoms with Crippen molar-refractivity contribution in [1.82, 2.24) is 0 Å². The molecular weight excluding hydrogens is 302 g/mol. The van der Waals surface area contributed by atoms with Crippen molar-refractivity contribution in [2.75, 3.05) is 7.11 Å². The van der Waals surface area contributed by atoms with Crippen LogP contribution in [0.5, 0.6) is 5.75 Å². The largest absolute Gasteiger partial charge is 0.496 e. The fourth-order valence-corrected chi connectivity index (χ4v) is 2.89. The Morgan fingerprint density at radius 1 is 1.11 bits per heavy atom. The SMILES string of the molecule is COc1c(C)c(C)c(Br)c(C)c1C(F)(F)C1CC1. The molecule has 4 heteroatoms. The van der Waals surface area contributed by atoms with Crippen molar-refractivity contribution >= 4 is 15.9 Å². The average molecular weight is 319 g/mol. The third-order valence-electron chi connectivity index (χ3n) is 3.79. The van der Waals surface area contributed by atoms with Gasteiger partial charge in [0.25, 0.3) is 5.92 Å². The van der Waals surface area contributed by atoms with E-state index in [0.717, 1.165) is 15.6 Å². The molecule has 0 aliphatic heterocycles. The highest BCUT2D eigenvalue weighted by molar-refractivity contribution is 9.10. The quantitative estimate of drug-likeness (QED) is 0.771. The highest BCUT2D eigenvalue weighted by Gasteiger charge is 2.51. The van der Waals surface area contributed by atoms with Crippen LogP contribution in [0.1, 0.15) is 35.1 Å². The maximum absolute atomic E-state index is 14.4. The Hall–Kier alpha value is -0.640. The van der Waals surface area contributed by atoms with Crippen LogP contribution in [0, 0.1) is 26.7 Å². The summed E-state index contributed by atoms with van der Waals surface area (Å²) in [5.41, 5.74) is 2.39. The van der Waals surface area contributed by atoms with E-state index in [1.165, 1.54) is 7.11 Å². The summed E-state index contributed by atoms with van der Waals surface area (Å²) in [4.78, 5) is 0. The molecular formula is C14H17BrF2O. The van der Waals surface area contributed by atoms with Gasteiger partial charge in [-0.15, -0.1) is 0 Å². The predicted octanol–water partition coefficient (Wildman–Crippen LogP) is 4.88. The number of methoxy groups -OCH3 is 1. The van der Waals surface area contributed by atoms with Crippen LogP contribution >= 0.6 is 15.9 Å². The van der Waals surface area contributed by atoms with Crippen LogP contribution < -0.4 is 4.74 Å². The van der Waals surface area contributed by atoms with Crippen LogP contribution in [0.4, 0.5) is 8.78 Å². The minimum absolute atomic E-state index is 0.0578. The van der Waals surface area contributed by atoms with Crippen molar-refractivity contribution < 1.29 is 13.5 Å². The van der Waals surface area contributed by atoms with Gasteiger partial charge >= 0.3 is 0 Å². The minimum Gasteiger partial charge on any atom is -0.496 e. The van der Waals surface area contributed by atoms with Gasteiger partial charge in [-0.1, -0.05) is 15.9 Å². The van der Waals surface area contributed by atoms with Crippen LogP contribution in [0.3, 0.4) is 0 Å². The molecule has 0 spiro atoms. The monoisotopic (exact) mass is 318 g/mol. The first-order valence-electron chi connectivity index (χ1n) is 6.03. The third kappa shape index (κ3) is 1.94. The highest BCUT2D eigenvalue weighted by atomic mass is 79.9. The van der Waals surface area contributed by atoms with Crippen LogP contribution in [-0.4, -0.2) is 7.11 Å². The lowest BCUT2D eigenvalue weighted by Gasteiger charge is -2.25. The maximum Gasteiger partial charge on any atom is 0.279 e. The van der Waals surface area contributed by atoms with Gasteiger partial charge in [-0.25, -0.2) is 8.78 Å². The van der Waals surface area contributed by atoms with Gasteiger partial charge in [0.05, 0.1) is 12.7 Å². The molecule has 1 aromatic carbocycles. The van der Waals surface area contributed by atoms with Gasteiger partial charge in [0, 0.05) is 10.4 Å². The zero-order valence-electron chi connectivity index (χ0n) is 11.0. The second-order valence-corrected chi connectivity index (χ2v) is 5.79. The van der Waals surface area contributed by atoms with Crippen molar-refractivity contribution in [3.8, 4) is 5.75 Å². The Balaban J connectivity index is 2.72. The average Bonchev–Trinajstić information content (AvgIpc) is 3.14. The molecule has 1 aliphatic carbocycles. The first-order chi connectivity index (χ1) is 8.32. The molecule has 1 fully saturated rings. The molecule has 0 aromatic heterocycles. The molecule has 0 unspecified atom stereocenters. The Kier molecular flexibility index (Phi) is 3.43. The van der Waals surface area contributed by atoms with E-state index >= 15 is 0 Å². The lowest BCUT2D eigenvalue weighted by molar-refractivity contribution is -0.0312. The van der Waals surface area contributed by atoms with E-state index in [-0.39, 0.29) is 5.56 Å². The van der Waals surface area contributed by atoms with E-state index in [2.05, 4.69) is 15.9 Å². The van der Waals surface area contributed by atoms with Gasteiger partial charge in [0.1, 0.15) is 5.75 Å². The van der Waals surface area contributed by atoms with E-state index in [9.17, 15) is 8.78 Å². The van der Waals surface area contributed by atoms with Gasteiger partial charge in [-0.2, -0.15) is 0 Å². The topological polar surface area (TPSA) is 9.23 Å². The van der Waals surface area contributed by atoms with Crippen LogP contribution in [-0.2, 0) is 5.92 Å². The van der Waals surface area contributed by atoms with Crippen molar-refractivity contribution in [2.24, 2.45) is 5.92 Å². The van der Waals surface area contributed by atoms with E-state index in [1.54, 1.807) is 6.92 Å². The molecule has 0 atom stereocenters. The van der Waals surface area contributed by atoms with Crippen molar-refractivity contribution in [3.05, 3.63) is 26.7 Å². The standard InChI is InChI=1S/C14H17BrF2O/c1-7-8(2)13(18-4)11(9(3)12(7)15)14(16,17)10-5-6-10/h10H,5-6H2,1-4H3. The second kappa shape index (κ2) is 4.48. The molecule has 1 aliphatic rings. The summed E-state index contributed by atoms with van der Waals surface area (Å²) < 4.78 is 34.9. The molecule has 0 N–H and O–H groups in total. The van der Waals surface area contributed by atoms with Crippen LogP contribution in [0.15, 0.2) is 4.47 Å². The Morgan fingerprint density at radius 2 is 1.67 bits per heavy atom. The molecule has 0 heterocycles. The first kappa shape index (κ1) is 13.8. The number of halogens is 3. The van der Waals surface area contributed by atoms with Crippen molar-refractivity contribution in [1.29, 1.82) is 0 Å². The van der Waals surface area contributed by atoms with Gasteiger partial charge in [-0.05, 0) is 50.3 Å². The number of rotatable bonds is 3. The second-order valence-electron chi connectivity index (χ2n) is 4.99. The third-order valence-corrected chi connectivity index (χ3v) is 4.98. The zero-order chi connectivity index (χ0) is 13.7. The fourth-order valence-electron chi connectivity index (χ4n) is 2.39. The van der Waals surface area contributed by atoms with Crippen LogP contribution in [0.2, 0.25) is 0 Å². The summed E-state index contributed by atoms with van der Waals surface area (Å²) in [6, 6.07) is 0. The highest BCUT2D eigenvalue weighted by Crippen LogP contribution is 2.54. The van der Waals surface area contributed by atoms with Gasteiger partial charge in [0.15, 0.2) is 0 Å². The zero-order valence-corrected chi connectivity index (χ0v) is 12.6. The molecule has 100 valence electrons. The smallest absolute Gasteiger partial charge is 0.279 e. The van der Waals surface area contributed by atoms with Crippen molar-refractivity contribution in [2.45, 2.75) is 39.5 Å². The molecule has 1 aromatic rings. The van der Waals surface area contributed by atoms with E-state index in [1.807, 2.05) is 13.8 Å². The summed E-state index contributed by atoms with van der Waals surface area (Å²) >= 11 is 3.42. The van der Waals surface area contributed by atoms with E-state index in [4.69, 9.17) is 4.74 Å². The molecule has 2 rings (SSSR count). The Morgan fingerprint density at radius 3 is 2.11 bits per heavy atom. The number of ether oxygens (including phenoxy) is 1. The molecule has 0 amide bonds. The van der Waals surface area contributed by atoms with Gasteiger partial charge < -0.3 is 4.74 Å². The fraction of sp³-hybridized carbons (Fsp3) is 0.571. The summed E-state index contributed by atoms with van der Waals surface area (Å²) in [6.45, 7) is 5.46. The predicted molar refractivity (Wildman–Crippen MR) is 71.5 cm³/mol. The molecule has 0 radical (unpaired) electrons. The summed E-state index contributed by atoms with van der Waals surface area (Å²) in [5.74, 6) is -2.99. The Bertz CT molecular complexity index is 493. The summed E-state index contributed by atoms with van der Waals surface area (Å²) in [6.07, 6.45) is 1.19. The normalized spacial score (nSPS) is 15.9. The maximum atomic E-state index is 14.4. The molecule has 0 bridgehead atoms. The van der Waals surface area contributed by atoms with Gasteiger partial charge in [-0.3, -0.25) is 0 Å². The Labute approximate surface area is 115 Å². The van der Waals surface area contributed by atoms with Crippen LogP contribution in [0.25, 0.3) is 0 Å². The lowest BCUT2D eigenvalue weighted by atomic mass is 9.92. The van der Waals surface area contributed by atoms with E-state index < -0.39 is 11.8 Å². The number of benzene rings is 1. The molecule has 0 saturated heterocycles. The lowest BCUT2D eigenvalue weighted by Crippen LogP contribution is -2.20. The summed E-state index contributed by atoms with van der Waals surface area (Å²) in [5, 5.41) is 0. The number of alkyl halides is 2. The number of hydrogen-bond donors (Lipinski definition) is 0. The number of hydrogen-bond acceptors (Lipinski definition) is 1. The molecule has 1 nitrogen and oxygen atoms in total. The molecule has 1 saturated carbocycles. The van der Waals surface area contributed by atoms with E-state index in [0.29, 0.717) is 24.2 Å².